The number of aryl methyl sites for hydroxylation is 2. The molecule has 0 fully saturated rings. The molecule has 0 atom stereocenters. The first kappa shape index (κ1) is 17.8. The molecule has 1 aromatic carbocycles. The molecule has 0 saturated heterocycles. The zero-order valence-corrected chi connectivity index (χ0v) is 15.8. The molecule has 144 valence electrons. The molecule has 3 aromatic rings. The van der Waals surface area contributed by atoms with Crippen LogP contribution in [0, 0.1) is 20.8 Å². The van der Waals surface area contributed by atoms with Gasteiger partial charge in [0.15, 0.2) is 11.5 Å². The molecule has 9 nitrogen and oxygen atoms in total. The molecule has 2 amide bonds. The summed E-state index contributed by atoms with van der Waals surface area (Å²) in [7, 11) is 0. The van der Waals surface area contributed by atoms with Crippen LogP contribution in [0.2, 0.25) is 0 Å². The lowest BCUT2D eigenvalue weighted by molar-refractivity contribution is 0.171. The van der Waals surface area contributed by atoms with Crippen molar-refractivity contribution in [1.29, 1.82) is 0 Å². The van der Waals surface area contributed by atoms with Crippen molar-refractivity contribution < 1.29 is 14.3 Å². The Balaban J connectivity index is 1.43. The van der Waals surface area contributed by atoms with Crippen molar-refractivity contribution in [3.05, 3.63) is 47.8 Å². The van der Waals surface area contributed by atoms with E-state index in [0.29, 0.717) is 42.0 Å². The molecule has 1 aliphatic rings. The van der Waals surface area contributed by atoms with Crippen LogP contribution in [-0.2, 0) is 0 Å². The van der Waals surface area contributed by atoms with E-state index in [2.05, 4.69) is 25.6 Å². The van der Waals surface area contributed by atoms with Gasteiger partial charge in [-0.2, -0.15) is 0 Å². The van der Waals surface area contributed by atoms with Crippen LogP contribution in [0.4, 0.5) is 16.2 Å². The predicted molar refractivity (Wildman–Crippen MR) is 103 cm³/mol. The Morgan fingerprint density at radius 3 is 2.36 bits per heavy atom. The minimum Gasteiger partial charge on any atom is -0.486 e. The highest BCUT2D eigenvalue weighted by atomic mass is 16.6. The fourth-order valence-electron chi connectivity index (χ4n) is 2.99. The second-order valence-corrected chi connectivity index (χ2v) is 6.37. The number of carbonyl (C=O) groups is 1. The number of ether oxygens (including phenoxy) is 2. The van der Waals surface area contributed by atoms with Gasteiger partial charge in [0.2, 0.25) is 5.95 Å². The van der Waals surface area contributed by atoms with Crippen molar-refractivity contribution in [1.82, 2.24) is 19.5 Å². The SMILES string of the molecule is Cc1nc(C)n(-c2ncc(NC(=O)Nc3ccc4c(c3)OCCO4)cn2)c1C. The first-order chi connectivity index (χ1) is 13.5. The van der Waals surface area contributed by atoms with Crippen LogP contribution >= 0.6 is 0 Å². The summed E-state index contributed by atoms with van der Waals surface area (Å²) in [6.45, 7) is 6.81. The van der Waals surface area contributed by atoms with Gasteiger partial charge in [-0.1, -0.05) is 0 Å². The van der Waals surface area contributed by atoms with Crippen molar-refractivity contribution in [2.45, 2.75) is 20.8 Å². The number of anilines is 2. The number of hydrogen-bond acceptors (Lipinski definition) is 6. The van der Waals surface area contributed by atoms with Crippen LogP contribution in [0.1, 0.15) is 17.2 Å². The maximum Gasteiger partial charge on any atom is 0.323 e. The standard InChI is InChI=1S/C19H20N6O3/c1-11-12(2)25(13(3)22-11)18-20-9-15(10-21-18)24-19(26)23-14-4-5-16-17(8-14)28-7-6-27-16/h4-5,8-10H,6-7H2,1-3H3,(H2,23,24,26). The molecular formula is C19H20N6O3. The van der Waals surface area contributed by atoms with E-state index in [-0.39, 0.29) is 0 Å². The first-order valence-corrected chi connectivity index (χ1v) is 8.84. The normalized spacial score (nSPS) is 12.5. The van der Waals surface area contributed by atoms with Crippen LogP contribution in [0.5, 0.6) is 11.5 Å². The lowest BCUT2D eigenvalue weighted by atomic mass is 10.2. The van der Waals surface area contributed by atoms with Crippen LogP contribution in [0.3, 0.4) is 0 Å². The van der Waals surface area contributed by atoms with E-state index in [1.54, 1.807) is 30.6 Å². The van der Waals surface area contributed by atoms with Gasteiger partial charge in [-0.25, -0.2) is 19.7 Å². The Morgan fingerprint density at radius 2 is 1.68 bits per heavy atom. The topological polar surface area (TPSA) is 103 Å². The molecule has 9 heteroatoms. The molecule has 2 N–H and O–H groups in total. The molecule has 3 heterocycles. The van der Waals surface area contributed by atoms with Gasteiger partial charge in [0.1, 0.15) is 19.0 Å². The van der Waals surface area contributed by atoms with Gasteiger partial charge in [-0.05, 0) is 32.9 Å². The number of imidazole rings is 1. The minimum absolute atomic E-state index is 0.404. The molecule has 0 radical (unpaired) electrons. The summed E-state index contributed by atoms with van der Waals surface area (Å²) in [5.74, 6) is 2.60. The second kappa shape index (κ2) is 7.18. The molecule has 1 aliphatic heterocycles. The molecular weight excluding hydrogens is 360 g/mol. The average molecular weight is 380 g/mol. The number of fused-ring (bicyclic) bond motifs is 1. The highest BCUT2D eigenvalue weighted by Gasteiger charge is 2.14. The van der Waals surface area contributed by atoms with Crippen molar-refractivity contribution in [2.24, 2.45) is 0 Å². The van der Waals surface area contributed by atoms with Crippen LogP contribution < -0.4 is 20.1 Å². The Kier molecular flexibility index (Phi) is 4.56. The fraction of sp³-hybridized carbons (Fsp3) is 0.263. The predicted octanol–water partition coefficient (Wildman–Crippen LogP) is 3.00. The van der Waals surface area contributed by atoms with E-state index >= 15 is 0 Å². The van der Waals surface area contributed by atoms with Crippen molar-refractivity contribution >= 4 is 17.4 Å². The molecule has 0 aliphatic carbocycles. The maximum atomic E-state index is 12.3. The fourth-order valence-corrected chi connectivity index (χ4v) is 2.99. The third-order valence-corrected chi connectivity index (χ3v) is 4.41. The Labute approximate surface area is 161 Å². The number of amides is 2. The summed E-state index contributed by atoms with van der Waals surface area (Å²) in [6.07, 6.45) is 3.11. The van der Waals surface area contributed by atoms with Crippen molar-refractivity contribution in [3.63, 3.8) is 0 Å². The lowest BCUT2D eigenvalue weighted by Gasteiger charge is -2.19. The lowest BCUT2D eigenvalue weighted by Crippen LogP contribution is -2.20. The molecule has 0 saturated carbocycles. The van der Waals surface area contributed by atoms with Crippen LogP contribution in [0.25, 0.3) is 5.95 Å². The largest absolute Gasteiger partial charge is 0.486 e. The molecule has 2 aromatic heterocycles. The summed E-state index contributed by atoms with van der Waals surface area (Å²) in [5, 5.41) is 5.46. The number of urea groups is 1. The summed E-state index contributed by atoms with van der Waals surface area (Å²) in [4.78, 5) is 25.3. The first-order valence-electron chi connectivity index (χ1n) is 8.84. The smallest absolute Gasteiger partial charge is 0.323 e. The zero-order chi connectivity index (χ0) is 19.7. The van der Waals surface area contributed by atoms with Crippen molar-refractivity contribution in [2.75, 3.05) is 23.8 Å². The molecule has 0 spiro atoms. The molecule has 28 heavy (non-hydrogen) atoms. The number of hydrogen-bond donors (Lipinski definition) is 2. The highest BCUT2D eigenvalue weighted by Crippen LogP contribution is 2.32. The molecule has 0 unspecified atom stereocenters. The molecule has 0 bridgehead atoms. The number of carbonyl (C=O) groups excluding carboxylic acids is 1. The van der Waals surface area contributed by atoms with Gasteiger partial charge in [0.25, 0.3) is 0 Å². The van der Waals surface area contributed by atoms with Crippen molar-refractivity contribution in [3.8, 4) is 17.4 Å². The van der Waals surface area contributed by atoms with E-state index < -0.39 is 6.03 Å². The Bertz CT molecular complexity index is 1030. The van der Waals surface area contributed by atoms with Crippen LogP contribution in [0.15, 0.2) is 30.6 Å². The van der Waals surface area contributed by atoms with Gasteiger partial charge in [0, 0.05) is 17.4 Å². The molecule has 4 rings (SSSR count). The minimum atomic E-state index is -0.404. The number of benzene rings is 1. The number of aromatic nitrogens is 4. The van der Waals surface area contributed by atoms with E-state index in [1.807, 2.05) is 25.3 Å². The summed E-state index contributed by atoms with van der Waals surface area (Å²) in [5.41, 5.74) is 2.99. The number of nitrogens with one attached hydrogen (secondary N) is 2. The van der Waals surface area contributed by atoms with E-state index in [1.165, 1.54) is 0 Å². The number of nitrogens with zero attached hydrogens (tertiary/aromatic N) is 4. The highest BCUT2D eigenvalue weighted by molar-refractivity contribution is 5.99. The van der Waals surface area contributed by atoms with E-state index in [0.717, 1.165) is 17.2 Å². The zero-order valence-electron chi connectivity index (χ0n) is 15.8. The van der Waals surface area contributed by atoms with Gasteiger partial charge in [0.05, 0.1) is 23.8 Å². The Morgan fingerprint density at radius 1 is 1.00 bits per heavy atom. The van der Waals surface area contributed by atoms with Gasteiger partial charge < -0.3 is 20.1 Å². The quantitative estimate of drug-likeness (QED) is 0.724. The second-order valence-electron chi connectivity index (χ2n) is 6.37. The van der Waals surface area contributed by atoms with Gasteiger partial charge in [-0.3, -0.25) is 4.57 Å². The maximum absolute atomic E-state index is 12.3. The average Bonchev–Trinajstić information content (AvgIpc) is 2.94. The third kappa shape index (κ3) is 3.46. The van der Waals surface area contributed by atoms with Gasteiger partial charge >= 0.3 is 6.03 Å². The van der Waals surface area contributed by atoms with E-state index in [4.69, 9.17) is 9.47 Å². The summed E-state index contributed by atoms with van der Waals surface area (Å²) in [6, 6.07) is 4.83. The summed E-state index contributed by atoms with van der Waals surface area (Å²) >= 11 is 0. The van der Waals surface area contributed by atoms with Crippen LogP contribution in [-0.4, -0.2) is 38.8 Å². The third-order valence-electron chi connectivity index (χ3n) is 4.41. The number of rotatable bonds is 3. The monoisotopic (exact) mass is 380 g/mol. The Hall–Kier alpha value is -3.62. The van der Waals surface area contributed by atoms with E-state index in [9.17, 15) is 4.79 Å². The summed E-state index contributed by atoms with van der Waals surface area (Å²) < 4.78 is 12.9. The van der Waals surface area contributed by atoms with Gasteiger partial charge in [-0.15, -0.1) is 0 Å².